The molecule has 2 aliphatic rings. The van der Waals surface area contributed by atoms with Gasteiger partial charge in [0.15, 0.2) is 0 Å². The van der Waals surface area contributed by atoms with Gasteiger partial charge in [0.2, 0.25) is 0 Å². The van der Waals surface area contributed by atoms with E-state index in [2.05, 4.69) is 95.9 Å². The number of fused-ring (bicyclic) bond motifs is 3. The predicted molar refractivity (Wildman–Crippen MR) is 145 cm³/mol. The normalized spacial score (nSPS) is 15.3. The number of carbonyl (C=O) groups is 1. The van der Waals surface area contributed by atoms with Crippen LogP contribution in [0.5, 0.6) is 0 Å². The molecule has 0 saturated carbocycles. The third kappa shape index (κ3) is 4.07. The maximum Gasteiger partial charge on any atom is 0.409 e. The first-order valence-electron chi connectivity index (χ1n) is 11.8. The fourth-order valence-corrected chi connectivity index (χ4v) is 6.03. The van der Waals surface area contributed by atoms with Crippen LogP contribution in [0.15, 0.2) is 54.6 Å². The number of hydrogen-bond donors (Lipinski definition) is 1. The van der Waals surface area contributed by atoms with Crippen LogP contribution in [0.2, 0.25) is 0 Å². The topological polar surface area (TPSA) is 58.8 Å². The van der Waals surface area contributed by atoms with Crippen LogP contribution < -0.4 is 10.6 Å². The lowest BCUT2D eigenvalue weighted by Crippen LogP contribution is -2.49. The fraction of sp³-hybridized carbons (Fsp3) is 0.321. The molecule has 2 N–H and O–H groups in total. The first-order valence-corrected chi connectivity index (χ1v) is 12.9. The van der Waals surface area contributed by atoms with E-state index in [9.17, 15) is 4.79 Å². The standard InChI is InChI=1S/C28H30IN3O2/c1-18-20(16-30)15-26(29)19(2)27(18)31-11-13-32(14-12-31)28(33)34-17-25-23-9-5-3-7-21(23)22-8-4-6-10-24(22)25/h3-10,15,25H,11-14,16-17,30H2,1-2H3. The highest BCUT2D eigenvalue weighted by Crippen LogP contribution is 2.44. The number of anilines is 1. The molecule has 176 valence electrons. The van der Waals surface area contributed by atoms with Gasteiger partial charge in [0.1, 0.15) is 6.61 Å². The van der Waals surface area contributed by atoms with Crippen LogP contribution in [0.3, 0.4) is 0 Å². The Morgan fingerprint density at radius 3 is 2.15 bits per heavy atom. The van der Waals surface area contributed by atoms with Crippen LogP contribution in [0.4, 0.5) is 10.5 Å². The Hall–Kier alpha value is -2.58. The summed E-state index contributed by atoms with van der Waals surface area (Å²) in [5.41, 5.74) is 15.9. The smallest absolute Gasteiger partial charge is 0.409 e. The Kier molecular flexibility index (Phi) is 6.53. The van der Waals surface area contributed by atoms with Crippen molar-refractivity contribution < 1.29 is 9.53 Å². The van der Waals surface area contributed by atoms with Gasteiger partial charge in [-0.15, -0.1) is 0 Å². The van der Waals surface area contributed by atoms with Crippen molar-refractivity contribution in [3.8, 4) is 11.1 Å². The molecule has 0 bridgehead atoms. The Bertz CT molecular complexity index is 1190. The highest BCUT2D eigenvalue weighted by Gasteiger charge is 2.31. The zero-order chi connectivity index (χ0) is 23.8. The first-order chi connectivity index (χ1) is 16.5. The van der Waals surface area contributed by atoms with Crippen molar-refractivity contribution in [1.29, 1.82) is 0 Å². The molecule has 0 spiro atoms. The average Bonchev–Trinajstić information content (AvgIpc) is 3.19. The molecule has 34 heavy (non-hydrogen) atoms. The van der Waals surface area contributed by atoms with Crippen LogP contribution in [-0.2, 0) is 11.3 Å². The molecule has 1 aliphatic carbocycles. The molecule has 3 aromatic rings. The number of ether oxygens (including phenoxy) is 1. The second kappa shape index (κ2) is 9.58. The molecule has 5 nitrogen and oxygen atoms in total. The van der Waals surface area contributed by atoms with Gasteiger partial charge < -0.3 is 20.3 Å². The molecule has 1 amide bonds. The predicted octanol–water partition coefficient (Wildman–Crippen LogP) is 5.44. The monoisotopic (exact) mass is 567 g/mol. The third-order valence-electron chi connectivity index (χ3n) is 7.26. The zero-order valence-electron chi connectivity index (χ0n) is 19.7. The average molecular weight is 567 g/mol. The summed E-state index contributed by atoms with van der Waals surface area (Å²) in [4.78, 5) is 17.2. The van der Waals surface area contributed by atoms with Crippen molar-refractivity contribution in [2.75, 3.05) is 37.7 Å². The molecule has 0 atom stereocenters. The molecule has 1 fully saturated rings. The number of nitrogens with zero attached hydrogens (tertiary/aromatic N) is 2. The van der Waals surface area contributed by atoms with Crippen molar-refractivity contribution in [3.05, 3.63) is 86.0 Å². The largest absolute Gasteiger partial charge is 0.448 e. The van der Waals surface area contributed by atoms with Crippen molar-refractivity contribution >= 4 is 34.4 Å². The molecule has 1 aliphatic heterocycles. The minimum Gasteiger partial charge on any atom is -0.448 e. The van der Waals surface area contributed by atoms with Crippen LogP contribution >= 0.6 is 22.6 Å². The number of benzene rings is 3. The van der Waals surface area contributed by atoms with Crippen LogP contribution in [-0.4, -0.2) is 43.8 Å². The quantitative estimate of drug-likeness (QED) is 0.427. The van der Waals surface area contributed by atoms with Crippen molar-refractivity contribution in [1.82, 2.24) is 4.90 Å². The van der Waals surface area contributed by atoms with E-state index >= 15 is 0 Å². The van der Waals surface area contributed by atoms with E-state index in [1.54, 1.807) is 0 Å². The molecule has 0 radical (unpaired) electrons. The number of nitrogens with two attached hydrogens (primary N) is 1. The summed E-state index contributed by atoms with van der Waals surface area (Å²) in [6.07, 6.45) is -0.222. The molecular weight excluding hydrogens is 537 g/mol. The fourth-order valence-electron chi connectivity index (χ4n) is 5.40. The lowest BCUT2D eigenvalue weighted by atomic mass is 9.98. The molecule has 1 heterocycles. The van der Waals surface area contributed by atoms with E-state index in [-0.39, 0.29) is 12.0 Å². The second-order valence-electron chi connectivity index (χ2n) is 9.10. The van der Waals surface area contributed by atoms with Gasteiger partial charge in [-0.05, 0) is 81.4 Å². The Labute approximate surface area is 215 Å². The second-order valence-corrected chi connectivity index (χ2v) is 10.3. The molecule has 5 rings (SSSR count). The van der Waals surface area contributed by atoms with Crippen molar-refractivity contribution in [2.45, 2.75) is 26.3 Å². The van der Waals surface area contributed by atoms with E-state index in [0.717, 1.165) is 13.1 Å². The summed E-state index contributed by atoms with van der Waals surface area (Å²) < 4.78 is 7.11. The number of halogens is 1. The number of carbonyl (C=O) groups excluding carboxylic acids is 1. The van der Waals surface area contributed by atoms with Gasteiger partial charge in [-0.3, -0.25) is 0 Å². The Morgan fingerprint density at radius 2 is 1.56 bits per heavy atom. The molecular formula is C28H30IN3O2. The molecule has 6 heteroatoms. The lowest BCUT2D eigenvalue weighted by molar-refractivity contribution is 0.0976. The SMILES string of the molecule is Cc1c(I)cc(CN)c(C)c1N1CCN(C(=O)OCC2c3ccccc3-c3ccccc32)CC1. The summed E-state index contributed by atoms with van der Waals surface area (Å²) >= 11 is 2.39. The van der Waals surface area contributed by atoms with Crippen LogP contribution in [0.1, 0.15) is 33.7 Å². The molecule has 3 aromatic carbocycles. The van der Waals surface area contributed by atoms with Crippen LogP contribution in [0, 0.1) is 17.4 Å². The maximum absolute atomic E-state index is 13.0. The number of hydrogen-bond acceptors (Lipinski definition) is 4. The minimum atomic E-state index is -0.222. The van der Waals surface area contributed by atoms with Gasteiger partial charge in [-0.25, -0.2) is 4.79 Å². The molecule has 0 unspecified atom stereocenters. The van der Waals surface area contributed by atoms with E-state index in [4.69, 9.17) is 10.5 Å². The summed E-state index contributed by atoms with van der Waals surface area (Å²) in [6.45, 7) is 8.10. The molecule has 0 aromatic heterocycles. The van der Waals surface area contributed by atoms with E-state index < -0.39 is 0 Å². The Morgan fingerprint density at radius 1 is 0.971 bits per heavy atom. The highest BCUT2D eigenvalue weighted by molar-refractivity contribution is 14.1. The summed E-state index contributed by atoms with van der Waals surface area (Å²) in [5.74, 6) is 0.0871. The van der Waals surface area contributed by atoms with Crippen LogP contribution in [0.25, 0.3) is 11.1 Å². The maximum atomic E-state index is 13.0. The summed E-state index contributed by atoms with van der Waals surface area (Å²) in [6, 6.07) is 19.0. The summed E-state index contributed by atoms with van der Waals surface area (Å²) in [5, 5.41) is 0. The molecule has 1 saturated heterocycles. The van der Waals surface area contributed by atoms with Gasteiger partial charge in [-0.2, -0.15) is 0 Å². The van der Waals surface area contributed by atoms with Crippen molar-refractivity contribution in [2.24, 2.45) is 5.73 Å². The zero-order valence-corrected chi connectivity index (χ0v) is 21.8. The summed E-state index contributed by atoms with van der Waals surface area (Å²) in [7, 11) is 0. The minimum absolute atomic E-state index is 0.0871. The van der Waals surface area contributed by atoms with Crippen molar-refractivity contribution in [3.63, 3.8) is 0 Å². The number of piperazine rings is 1. The highest BCUT2D eigenvalue weighted by atomic mass is 127. The number of rotatable bonds is 4. The van der Waals surface area contributed by atoms with E-state index in [0.29, 0.717) is 26.2 Å². The lowest BCUT2D eigenvalue weighted by Gasteiger charge is -2.37. The van der Waals surface area contributed by atoms with E-state index in [1.165, 1.54) is 48.2 Å². The Balaban J connectivity index is 1.25. The van der Waals surface area contributed by atoms with Gasteiger partial charge in [-0.1, -0.05) is 48.5 Å². The van der Waals surface area contributed by atoms with Gasteiger partial charge in [0.05, 0.1) is 0 Å². The van der Waals surface area contributed by atoms with Gasteiger partial charge in [0, 0.05) is 47.9 Å². The van der Waals surface area contributed by atoms with E-state index in [1.807, 2.05) is 4.90 Å². The van der Waals surface area contributed by atoms with Gasteiger partial charge in [0.25, 0.3) is 0 Å². The third-order valence-corrected chi connectivity index (χ3v) is 8.38. The van der Waals surface area contributed by atoms with Gasteiger partial charge >= 0.3 is 6.09 Å². The number of amides is 1. The first kappa shape index (κ1) is 23.2.